The van der Waals surface area contributed by atoms with Crippen molar-refractivity contribution in [3.63, 3.8) is 0 Å². The fourth-order valence-corrected chi connectivity index (χ4v) is 4.20. The van der Waals surface area contributed by atoms with Crippen molar-refractivity contribution in [2.24, 2.45) is 5.41 Å². The van der Waals surface area contributed by atoms with E-state index in [2.05, 4.69) is 42.2 Å². The van der Waals surface area contributed by atoms with Crippen LogP contribution in [-0.4, -0.2) is 24.7 Å². The summed E-state index contributed by atoms with van der Waals surface area (Å²) in [6.45, 7) is 5.29. The van der Waals surface area contributed by atoms with Gasteiger partial charge in [0.25, 0.3) is 0 Å². The third-order valence-electron chi connectivity index (χ3n) is 4.19. The van der Waals surface area contributed by atoms with Gasteiger partial charge in [-0.05, 0) is 48.8 Å². The third kappa shape index (κ3) is 3.09. The van der Waals surface area contributed by atoms with E-state index in [9.17, 15) is 0 Å². The fraction of sp³-hybridized carbons (Fsp3) is 0.625. The van der Waals surface area contributed by atoms with Crippen molar-refractivity contribution in [1.82, 2.24) is 5.32 Å². The molecule has 104 valence electrons. The second-order valence-corrected chi connectivity index (χ2v) is 7.18. The lowest BCUT2D eigenvalue weighted by Gasteiger charge is -2.33. The highest BCUT2D eigenvalue weighted by Crippen LogP contribution is 2.35. The van der Waals surface area contributed by atoms with E-state index in [-0.39, 0.29) is 0 Å². The van der Waals surface area contributed by atoms with Gasteiger partial charge in [-0.2, -0.15) is 11.8 Å². The van der Waals surface area contributed by atoms with Crippen LogP contribution in [0.1, 0.15) is 30.9 Å². The summed E-state index contributed by atoms with van der Waals surface area (Å²) in [4.78, 5) is 0. The van der Waals surface area contributed by atoms with Gasteiger partial charge in [0.2, 0.25) is 0 Å². The molecule has 0 bridgehead atoms. The summed E-state index contributed by atoms with van der Waals surface area (Å²) in [6.07, 6.45) is 3.73. The van der Waals surface area contributed by atoms with Gasteiger partial charge in [0, 0.05) is 17.7 Å². The van der Waals surface area contributed by atoms with Gasteiger partial charge in [0.15, 0.2) is 0 Å². The monoisotopic (exact) mass is 277 g/mol. The molecule has 1 fully saturated rings. The van der Waals surface area contributed by atoms with E-state index in [1.165, 1.54) is 35.5 Å². The van der Waals surface area contributed by atoms with Crippen LogP contribution in [0.25, 0.3) is 0 Å². The molecule has 1 aromatic carbocycles. The molecule has 0 radical (unpaired) electrons. The topological polar surface area (TPSA) is 21.3 Å². The average molecular weight is 277 g/mol. The molecular formula is C16H23NOS. The van der Waals surface area contributed by atoms with Crippen molar-refractivity contribution >= 4 is 11.8 Å². The Kier molecular flexibility index (Phi) is 4.04. The van der Waals surface area contributed by atoms with Gasteiger partial charge in [0.1, 0.15) is 5.75 Å². The van der Waals surface area contributed by atoms with Crippen LogP contribution in [0.15, 0.2) is 18.2 Å². The molecule has 2 aliphatic rings. The zero-order valence-electron chi connectivity index (χ0n) is 11.7. The third-order valence-corrected chi connectivity index (χ3v) is 5.67. The standard InChI is InChI=1S/C16H23NOS/c1-16(7-3-9-19-12-16)11-18-15-5-2-4-13-10-17-8-6-14(13)15/h2,4-5,17H,3,6-12H2,1H3. The Hall–Kier alpha value is -0.670. The van der Waals surface area contributed by atoms with Crippen LogP contribution in [0.5, 0.6) is 5.75 Å². The molecule has 1 unspecified atom stereocenters. The molecule has 0 amide bonds. The van der Waals surface area contributed by atoms with Crippen molar-refractivity contribution in [3.05, 3.63) is 29.3 Å². The van der Waals surface area contributed by atoms with E-state index in [0.717, 1.165) is 31.9 Å². The second kappa shape index (κ2) is 5.76. The predicted molar refractivity (Wildman–Crippen MR) is 82.0 cm³/mol. The molecular weight excluding hydrogens is 254 g/mol. The minimum Gasteiger partial charge on any atom is -0.493 e. The number of rotatable bonds is 3. The molecule has 1 saturated heterocycles. The molecule has 2 heterocycles. The van der Waals surface area contributed by atoms with Crippen LogP contribution in [0.3, 0.4) is 0 Å². The Bertz CT molecular complexity index is 440. The van der Waals surface area contributed by atoms with E-state index >= 15 is 0 Å². The lowest BCUT2D eigenvalue weighted by atomic mass is 9.88. The van der Waals surface area contributed by atoms with Gasteiger partial charge in [0.05, 0.1) is 6.61 Å². The molecule has 1 aromatic rings. The Morgan fingerprint density at radius 3 is 3.21 bits per heavy atom. The molecule has 0 saturated carbocycles. The van der Waals surface area contributed by atoms with E-state index in [4.69, 9.17) is 4.74 Å². The highest BCUT2D eigenvalue weighted by Gasteiger charge is 2.28. The number of fused-ring (bicyclic) bond motifs is 1. The largest absolute Gasteiger partial charge is 0.493 e. The normalized spacial score (nSPS) is 26.8. The molecule has 3 heteroatoms. The maximum atomic E-state index is 6.21. The Morgan fingerprint density at radius 1 is 1.42 bits per heavy atom. The van der Waals surface area contributed by atoms with Crippen molar-refractivity contribution in [3.8, 4) is 5.75 Å². The van der Waals surface area contributed by atoms with E-state index in [1.54, 1.807) is 0 Å². The molecule has 0 aliphatic carbocycles. The van der Waals surface area contributed by atoms with Crippen LogP contribution in [0.2, 0.25) is 0 Å². The first kappa shape index (κ1) is 13.3. The van der Waals surface area contributed by atoms with Crippen LogP contribution in [0.4, 0.5) is 0 Å². The van der Waals surface area contributed by atoms with Crippen molar-refractivity contribution in [2.45, 2.75) is 32.7 Å². The molecule has 0 spiro atoms. The second-order valence-electron chi connectivity index (χ2n) is 6.08. The average Bonchev–Trinajstić information content (AvgIpc) is 2.46. The summed E-state index contributed by atoms with van der Waals surface area (Å²) in [5, 5.41) is 3.42. The summed E-state index contributed by atoms with van der Waals surface area (Å²) in [5.41, 5.74) is 3.19. The van der Waals surface area contributed by atoms with Gasteiger partial charge in [-0.1, -0.05) is 19.1 Å². The summed E-state index contributed by atoms with van der Waals surface area (Å²) in [7, 11) is 0. The number of nitrogens with one attached hydrogen (secondary N) is 1. The molecule has 1 atom stereocenters. The molecule has 0 aromatic heterocycles. The first-order valence-electron chi connectivity index (χ1n) is 7.29. The van der Waals surface area contributed by atoms with Crippen molar-refractivity contribution in [2.75, 3.05) is 24.7 Å². The fourth-order valence-electron chi connectivity index (χ4n) is 2.99. The SMILES string of the molecule is CC1(COc2cccc3c2CCNC3)CCCSC1. The van der Waals surface area contributed by atoms with Gasteiger partial charge < -0.3 is 10.1 Å². The number of thioether (sulfide) groups is 1. The highest BCUT2D eigenvalue weighted by atomic mass is 32.2. The van der Waals surface area contributed by atoms with Crippen LogP contribution in [-0.2, 0) is 13.0 Å². The number of hydrogen-bond acceptors (Lipinski definition) is 3. The summed E-state index contributed by atoms with van der Waals surface area (Å²) >= 11 is 2.08. The minimum atomic E-state index is 0.360. The number of benzene rings is 1. The van der Waals surface area contributed by atoms with Crippen molar-refractivity contribution < 1.29 is 4.74 Å². The zero-order valence-corrected chi connectivity index (χ0v) is 12.5. The number of hydrogen-bond donors (Lipinski definition) is 1. The van der Waals surface area contributed by atoms with Crippen LogP contribution >= 0.6 is 11.8 Å². The minimum absolute atomic E-state index is 0.360. The van der Waals surface area contributed by atoms with E-state index in [1.807, 2.05) is 0 Å². The number of ether oxygens (including phenoxy) is 1. The summed E-state index contributed by atoms with van der Waals surface area (Å²) in [6, 6.07) is 6.48. The van der Waals surface area contributed by atoms with Gasteiger partial charge in [-0.25, -0.2) is 0 Å². The molecule has 19 heavy (non-hydrogen) atoms. The Balaban J connectivity index is 1.69. The summed E-state index contributed by atoms with van der Waals surface area (Å²) < 4.78 is 6.21. The first-order chi connectivity index (χ1) is 9.27. The maximum absolute atomic E-state index is 6.21. The zero-order chi connectivity index (χ0) is 13.1. The van der Waals surface area contributed by atoms with Gasteiger partial charge >= 0.3 is 0 Å². The van der Waals surface area contributed by atoms with Crippen LogP contribution in [0, 0.1) is 5.41 Å². The Labute approximate surface area is 120 Å². The first-order valence-corrected chi connectivity index (χ1v) is 8.44. The van der Waals surface area contributed by atoms with Crippen molar-refractivity contribution in [1.29, 1.82) is 0 Å². The smallest absolute Gasteiger partial charge is 0.122 e. The molecule has 2 nitrogen and oxygen atoms in total. The molecule has 1 N–H and O–H groups in total. The van der Waals surface area contributed by atoms with Gasteiger partial charge in [-0.15, -0.1) is 0 Å². The molecule has 3 rings (SSSR count). The predicted octanol–water partition coefficient (Wildman–Crippen LogP) is 3.24. The summed E-state index contributed by atoms with van der Waals surface area (Å²) in [5.74, 6) is 3.68. The molecule has 2 aliphatic heterocycles. The van der Waals surface area contributed by atoms with E-state index < -0.39 is 0 Å². The quantitative estimate of drug-likeness (QED) is 0.916. The van der Waals surface area contributed by atoms with Crippen LogP contribution < -0.4 is 10.1 Å². The van der Waals surface area contributed by atoms with Gasteiger partial charge in [-0.3, -0.25) is 0 Å². The lowest BCUT2D eigenvalue weighted by Crippen LogP contribution is -2.31. The maximum Gasteiger partial charge on any atom is 0.122 e. The van der Waals surface area contributed by atoms with E-state index in [0.29, 0.717) is 5.41 Å². The highest BCUT2D eigenvalue weighted by molar-refractivity contribution is 7.99. The lowest BCUT2D eigenvalue weighted by molar-refractivity contribution is 0.169. The Morgan fingerprint density at radius 2 is 2.37 bits per heavy atom.